The number of amides is 2. The Labute approximate surface area is 112 Å². The summed E-state index contributed by atoms with van der Waals surface area (Å²) in [5.41, 5.74) is 7.18. The number of nitrogens with two attached hydrogens (primary N) is 1. The van der Waals surface area contributed by atoms with E-state index in [2.05, 4.69) is 4.98 Å². The van der Waals surface area contributed by atoms with Crippen molar-refractivity contribution >= 4 is 11.8 Å². The van der Waals surface area contributed by atoms with Gasteiger partial charge in [0.25, 0.3) is 0 Å². The summed E-state index contributed by atoms with van der Waals surface area (Å²) in [4.78, 5) is 29.3. The van der Waals surface area contributed by atoms with Gasteiger partial charge in [-0.25, -0.2) is 0 Å². The number of pyridine rings is 1. The quantitative estimate of drug-likeness (QED) is 0.868. The second-order valence-electron chi connectivity index (χ2n) is 5.06. The molecule has 2 amide bonds. The monoisotopic (exact) mass is 261 g/mol. The van der Waals surface area contributed by atoms with Crippen LogP contribution in [0.3, 0.4) is 0 Å². The van der Waals surface area contributed by atoms with Gasteiger partial charge in [0.2, 0.25) is 11.8 Å². The molecule has 2 N–H and O–H groups in total. The fourth-order valence-corrected chi connectivity index (χ4v) is 2.44. The highest BCUT2D eigenvalue weighted by atomic mass is 16.2. The molecule has 0 aromatic carbocycles. The van der Waals surface area contributed by atoms with Gasteiger partial charge in [0.05, 0.1) is 12.3 Å². The zero-order valence-electron chi connectivity index (χ0n) is 11.1. The van der Waals surface area contributed by atoms with Crippen LogP contribution in [0.2, 0.25) is 0 Å². The van der Waals surface area contributed by atoms with Crippen molar-refractivity contribution < 1.29 is 9.59 Å². The standard InChI is InChI=1S/C14H19N3O2/c1-10-7-11(4-5-16-10)8-13(18)17-6-2-3-12(9-17)14(15)19/h4-5,7,12H,2-3,6,8-9H2,1H3,(H2,15,19)/t12-/m0/s1. The topological polar surface area (TPSA) is 76.3 Å². The molecule has 1 saturated heterocycles. The Morgan fingerprint density at radius 2 is 2.32 bits per heavy atom. The Bertz CT molecular complexity index is 487. The van der Waals surface area contributed by atoms with E-state index in [1.165, 1.54) is 0 Å². The molecule has 1 aliphatic rings. The molecule has 0 spiro atoms. The van der Waals surface area contributed by atoms with E-state index < -0.39 is 0 Å². The number of primary amides is 1. The summed E-state index contributed by atoms with van der Waals surface area (Å²) >= 11 is 0. The third-order valence-corrected chi connectivity index (χ3v) is 3.49. The fourth-order valence-electron chi connectivity index (χ4n) is 2.44. The first-order valence-electron chi connectivity index (χ1n) is 6.55. The van der Waals surface area contributed by atoms with E-state index >= 15 is 0 Å². The second kappa shape index (κ2) is 5.82. The van der Waals surface area contributed by atoms with Crippen molar-refractivity contribution in [3.63, 3.8) is 0 Å². The van der Waals surface area contributed by atoms with Gasteiger partial charge in [0.15, 0.2) is 0 Å². The molecule has 19 heavy (non-hydrogen) atoms. The lowest BCUT2D eigenvalue weighted by Crippen LogP contribution is -2.44. The normalized spacial score (nSPS) is 19.2. The molecule has 1 fully saturated rings. The largest absolute Gasteiger partial charge is 0.369 e. The van der Waals surface area contributed by atoms with Crippen molar-refractivity contribution in [1.82, 2.24) is 9.88 Å². The third kappa shape index (κ3) is 3.53. The van der Waals surface area contributed by atoms with Gasteiger partial charge < -0.3 is 10.6 Å². The number of aryl methyl sites for hydroxylation is 1. The summed E-state index contributed by atoms with van der Waals surface area (Å²) in [6.07, 6.45) is 3.69. The van der Waals surface area contributed by atoms with Crippen LogP contribution in [-0.4, -0.2) is 34.8 Å². The predicted molar refractivity (Wildman–Crippen MR) is 71.2 cm³/mol. The van der Waals surface area contributed by atoms with Gasteiger partial charge in [-0.15, -0.1) is 0 Å². The summed E-state index contributed by atoms with van der Waals surface area (Å²) in [5.74, 6) is -0.453. The fraction of sp³-hybridized carbons (Fsp3) is 0.500. The van der Waals surface area contributed by atoms with E-state index in [4.69, 9.17) is 5.73 Å². The van der Waals surface area contributed by atoms with E-state index in [1.807, 2.05) is 19.1 Å². The lowest BCUT2D eigenvalue weighted by molar-refractivity contribution is -0.134. The van der Waals surface area contributed by atoms with Crippen LogP contribution in [0.1, 0.15) is 24.1 Å². The minimum atomic E-state index is -0.308. The lowest BCUT2D eigenvalue weighted by Gasteiger charge is -2.31. The Hall–Kier alpha value is -1.91. The number of carbonyl (C=O) groups is 2. The van der Waals surface area contributed by atoms with Crippen LogP contribution in [0.4, 0.5) is 0 Å². The van der Waals surface area contributed by atoms with Gasteiger partial charge >= 0.3 is 0 Å². The highest BCUT2D eigenvalue weighted by molar-refractivity contribution is 5.81. The number of carbonyl (C=O) groups excluding carboxylic acids is 2. The summed E-state index contributed by atoms with van der Waals surface area (Å²) in [7, 11) is 0. The second-order valence-corrected chi connectivity index (χ2v) is 5.06. The van der Waals surface area contributed by atoms with Crippen LogP contribution in [0.25, 0.3) is 0 Å². The lowest BCUT2D eigenvalue weighted by atomic mass is 9.97. The SMILES string of the molecule is Cc1cc(CC(=O)N2CCC[C@H](C(N)=O)C2)ccn1. The molecule has 0 aliphatic carbocycles. The number of rotatable bonds is 3. The van der Waals surface area contributed by atoms with Crippen LogP contribution in [0.15, 0.2) is 18.3 Å². The average molecular weight is 261 g/mol. The zero-order chi connectivity index (χ0) is 13.8. The van der Waals surface area contributed by atoms with Crippen LogP contribution in [-0.2, 0) is 16.0 Å². The minimum absolute atomic E-state index is 0.0524. The molecular formula is C14H19N3O2. The van der Waals surface area contributed by atoms with Gasteiger partial charge in [0.1, 0.15) is 0 Å². The molecule has 1 aromatic rings. The minimum Gasteiger partial charge on any atom is -0.369 e. The first-order valence-corrected chi connectivity index (χ1v) is 6.55. The van der Waals surface area contributed by atoms with Gasteiger partial charge in [-0.2, -0.15) is 0 Å². The number of likely N-dealkylation sites (tertiary alicyclic amines) is 1. The Balaban J connectivity index is 1.98. The number of hydrogen-bond acceptors (Lipinski definition) is 3. The molecule has 1 atom stereocenters. The Morgan fingerprint density at radius 3 is 3.00 bits per heavy atom. The summed E-state index contributed by atoms with van der Waals surface area (Å²) in [6.45, 7) is 3.07. The molecule has 0 bridgehead atoms. The molecule has 1 aromatic heterocycles. The van der Waals surface area contributed by atoms with E-state index in [0.29, 0.717) is 19.5 Å². The Morgan fingerprint density at radius 1 is 1.53 bits per heavy atom. The van der Waals surface area contributed by atoms with E-state index in [-0.39, 0.29) is 17.7 Å². The highest BCUT2D eigenvalue weighted by Crippen LogP contribution is 2.17. The van der Waals surface area contributed by atoms with Crippen molar-refractivity contribution in [3.8, 4) is 0 Å². The van der Waals surface area contributed by atoms with Crippen molar-refractivity contribution in [3.05, 3.63) is 29.6 Å². The number of nitrogens with zero attached hydrogens (tertiary/aromatic N) is 2. The number of piperidine rings is 1. The smallest absolute Gasteiger partial charge is 0.227 e. The molecule has 1 aliphatic heterocycles. The zero-order valence-corrected chi connectivity index (χ0v) is 11.1. The molecule has 2 heterocycles. The maximum Gasteiger partial charge on any atom is 0.227 e. The van der Waals surface area contributed by atoms with Gasteiger partial charge in [-0.3, -0.25) is 14.6 Å². The highest BCUT2D eigenvalue weighted by Gasteiger charge is 2.26. The Kier molecular flexibility index (Phi) is 4.14. The van der Waals surface area contributed by atoms with Crippen LogP contribution in [0.5, 0.6) is 0 Å². The van der Waals surface area contributed by atoms with Crippen LogP contribution >= 0.6 is 0 Å². The van der Waals surface area contributed by atoms with Gasteiger partial charge in [-0.1, -0.05) is 0 Å². The number of hydrogen-bond donors (Lipinski definition) is 1. The first-order chi connectivity index (χ1) is 9.06. The first kappa shape index (κ1) is 13.5. The van der Waals surface area contributed by atoms with Gasteiger partial charge in [0, 0.05) is 25.0 Å². The molecular weight excluding hydrogens is 242 g/mol. The molecule has 0 saturated carbocycles. The maximum absolute atomic E-state index is 12.2. The van der Waals surface area contributed by atoms with E-state index in [1.54, 1.807) is 11.1 Å². The van der Waals surface area contributed by atoms with E-state index in [9.17, 15) is 9.59 Å². The summed E-state index contributed by atoms with van der Waals surface area (Å²) in [6, 6.07) is 3.76. The third-order valence-electron chi connectivity index (χ3n) is 3.49. The van der Waals surface area contributed by atoms with Crippen molar-refractivity contribution in [2.45, 2.75) is 26.2 Å². The molecule has 0 radical (unpaired) electrons. The molecule has 0 unspecified atom stereocenters. The molecule has 102 valence electrons. The predicted octanol–water partition coefficient (Wildman–Crippen LogP) is 0.656. The van der Waals surface area contributed by atoms with Crippen molar-refractivity contribution in [2.24, 2.45) is 11.7 Å². The number of aromatic nitrogens is 1. The van der Waals surface area contributed by atoms with Crippen molar-refractivity contribution in [2.75, 3.05) is 13.1 Å². The maximum atomic E-state index is 12.2. The summed E-state index contributed by atoms with van der Waals surface area (Å²) < 4.78 is 0. The van der Waals surface area contributed by atoms with Crippen LogP contribution < -0.4 is 5.73 Å². The summed E-state index contributed by atoms with van der Waals surface area (Å²) in [5, 5.41) is 0. The molecule has 2 rings (SSSR count). The molecule has 5 nitrogen and oxygen atoms in total. The van der Waals surface area contributed by atoms with Crippen molar-refractivity contribution in [1.29, 1.82) is 0 Å². The van der Waals surface area contributed by atoms with E-state index in [0.717, 1.165) is 24.1 Å². The molecule has 5 heteroatoms. The van der Waals surface area contributed by atoms with Crippen LogP contribution in [0, 0.1) is 12.8 Å². The average Bonchev–Trinajstić information content (AvgIpc) is 2.39. The van der Waals surface area contributed by atoms with Gasteiger partial charge in [-0.05, 0) is 37.5 Å².